The molecule has 0 bridgehead atoms. The van der Waals surface area contributed by atoms with Crippen molar-refractivity contribution in [1.82, 2.24) is 9.80 Å². The van der Waals surface area contributed by atoms with Gasteiger partial charge in [0.05, 0.1) is 12.6 Å². The monoisotopic (exact) mass is 373 g/mol. The number of rotatable bonds is 6. The van der Waals surface area contributed by atoms with Crippen LogP contribution in [0, 0.1) is 0 Å². The van der Waals surface area contributed by atoms with Gasteiger partial charge in [0.25, 0.3) is 0 Å². The lowest BCUT2D eigenvalue weighted by molar-refractivity contribution is -0.131. The fourth-order valence-corrected chi connectivity index (χ4v) is 4.52. The van der Waals surface area contributed by atoms with E-state index in [1.165, 1.54) is 4.88 Å². The van der Waals surface area contributed by atoms with Gasteiger partial charge in [0.1, 0.15) is 0 Å². The number of carbonyl (C=O) groups excluding carboxylic acids is 1. The van der Waals surface area contributed by atoms with Crippen LogP contribution in [0.1, 0.15) is 37.1 Å². The normalized spacial score (nSPS) is 18.2. The van der Waals surface area contributed by atoms with Gasteiger partial charge in [-0.3, -0.25) is 9.69 Å². The number of halogens is 1. The van der Waals surface area contributed by atoms with E-state index in [4.69, 9.17) is 5.73 Å². The van der Waals surface area contributed by atoms with Crippen molar-refractivity contribution in [2.75, 3.05) is 26.7 Å². The summed E-state index contributed by atoms with van der Waals surface area (Å²) < 4.78 is 1.08. The van der Waals surface area contributed by atoms with Crippen LogP contribution >= 0.6 is 27.3 Å². The van der Waals surface area contributed by atoms with Crippen molar-refractivity contribution >= 4 is 33.2 Å². The van der Waals surface area contributed by atoms with Gasteiger partial charge in [-0.15, -0.1) is 11.3 Å². The molecule has 6 heteroatoms. The Morgan fingerprint density at radius 2 is 2.19 bits per heavy atom. The number of likely N-dealkylation sites (tertiary alicyclic amines) is 1. The van der Waals surface area contributed by atoms with E-state index in [9.17, 15) is 4.79 Å². The molecule has 118 valence electrons. The van der Waals surface area contributed by atoms with E-state index in [0.29, 0.717) is 6.54 Å². The lowest BCUT2D eigenvalue weighted by atomic mass is 10.0. The lowest BCUT2D eigenvalue weighted by Gasteiger charge is -2.32. The Balaban J connectivity index is 2.07. The first kappa shape index (κ1) is 16.9. The number of hydrogen-bond donors (Lipinski definition) is 1. The van der Waals surface area contributed by atoms with Gasteiger partial charge in [-0.25, -0.2) is 0 Å². The number of nitrogens with two attached hydrogens (primary N) is 1. The van der Waals surface area contributed by atoms with E-state index < -0.39 is 0 Å². The number of hydrogen-bond acceptors (Lipinski definition) is 4. The van der Waals surface area contributed by atoms with Crippen LogP contribution in [-0.4, -0.2) is 48.4 Å². The summed E-state index contributed by atoms with van der Waals surface area (Å²) in [5.41, 5.74) is 6.31. The Kier molecular flexibility index (Phi) is 6.22. The molecule has 0 radical (unpaired) electrons. The van der Waals surface area contributed by atoms with Crippen molar-refractivity contribution in [2.24, 2.45) is 5.73 Å². The number of nitrogens with zero attached hydrogens (tertiary/aromatic N) is 2. The molecule has 1 aromatic heterocycles. The zero-order chi connectivity index (χ0) is 15.4. The molecule has 1 fully saturated rings. The van der Waals surface area contributed by atoms with Crippen LogP contribution < -0.4 is 5.73 Å². The van der Waals surface area contributed by atoms with Crippen LogP contribution in [0.5, 0.6) is 0 Å². The molecule has 2 unspecified atom stereocenters. The number of amides is 1. The highest BCUT2D eigenvalue weighted by molar-refractivity contribution is 9.10. The van der Waals surface area contributed by atoms with Crippen molar-refractivity contribution < 1.29 is 4.79 Å². The van der Waals surface area contributed by atoms with Gasteiger partial charge in [0.2, 0.25) is 5.91 Å². The fourth-order valence-electron chi connectivity index (χ4n) is 2.84. The van der Waals surface area contributed by atoms with Gasteiger partial charge in [-0.2, -0.15) is 0 Å². The molecular weight excluding hydrogens is 350 g/mol. The lowest BCUT2D eigenvalue weighted by Crippen LogP contribution is -2.44. The van der Waals surface area contributed by atoms with Crippen molar-refractivity contribution in [3.05, 3.63) is 20.8 Å². The van der Waals surface area contributed by atoms with E-state index in [1.807, 2.05) is 11.9 Å². The molecule has 4 nitrogen and oxygen atoms in total. The van der Waals surface area contributed by atoms with E-state index in [-0.39, 0.29) is 18.0 Å². The predicted molar refractivity (Wildman–Crippen MR) is 91.5 cm³/mol. The molecule has 0 spiro atoms. The third-order valence-corrected chi connectivity index (χ3v) is 5.84. The van der Waals surface area contributed by atoms with Crippen LogP contribution in [-0.2, 0) is 4.79 Å². The molecule has 0 aromatic carbocycles. The minimum absolute atomic E-state index is 0.0342. The first-order valence-electron chi connectivity index (χ1n) is 7.50. The summed E-state index contributed by atoms with van der Waals surface area (Å²) in [5, 5.41) is 2.07. The summed E-state index contributed by atoms with van der Waals surface area (Å²) in [6.45, 7) is 4.34. The number of likely N-dealkylation sites (N-methyl/N-ethyl adjacent to an activating group) is 1. The fraction of sp³-hybridized carbons (Fsp3) is 0.667. The van der Waals surface area contributed by atoms with Crippen LogP contribution in [0.25, 0.3) is 0 Å². The van der Waals surface area contributed by atoms with Crippen LogP contribution in [0.2, 0.25) is 0 Å². The average Bonchev–Trinajstić information content (AvgIpc) is 3.10. The Bertz CT molecular complexity index is 473. The quantitative estimate of drug-likeness (QED) is 0.833. The van der Waals surface area contributed by atoms with Crippen LogP contribution in [0.3, 0.4) is 0 Å². The molecule has 21 heavy (non-hydrogen) atoms. The molecule has 1 aliphatic rings. The Morgan fingerprint density at radius 1 is 1.52 bits per heavy atom. The second kappa shape index (κ2) is 7.72. The predicted octanol–water partition coefficient (Wildman–Crippen LogP) is 2.84. The summed E-state index contributed by atoms with van der Waals surface area (Å²) in [5.74, 6) is 0.221. The number of carbonyl (C=O) groups is 1. The molecule has 2 atom stereocenters. The Labute approximate surface area is 139 Å². The van der Waals surface area contributed by atoms with E-state index in [0.717, 1.165) is 36.8 Å². The molecule has 2 heterocycles. The second-order valence-corrected chi connectivity index (χ2v) is 7.55. The van der Waals surface area contributed by atoms with E-state index >= 15 is 0 Å². The van der Waals surface area contributed by atoms with Crippen molar-refractivity contribution in [3.8, 4) is 0 Å². The van der Waals surface area contributed by atoms with Crippen molar-refractivity contribution in [2.45, 2.75) is 38.3 Å². The molecule has 0 saturated carbocycles. The van der Waals surface area contributed by atoms with E-state index in [1.54, 1.807) is 11.3 Å². The zero-order valence-corrected chi connectivity index (χ0v) is 15.1. The van der Waals surface area contributed by atoms with Gasteiger partial charge in [0.15, 0.2) is 0 Å². The van der Waals surface area contributed by atoms with Gasteiger partial charge in [-0.1, -0.05) is 6.92 Å². The van der Waals surface area contributed by atoms with Gasteiger partial charge < -0.3 is 10.6 Å². The van der Waals surface area contributed by atoms with Gasteiger partial charge in [0, 0.05) is 33.9 Å². The molecule has 0 aliphatic carbocycles. The maximum atomic E-state index is 12.3. The molecule has 1 saturated heterocycles. The van der Waals surface area contributed by atoms with E-state index in [2.05, 4.69) is 39.2 Å². The molecule has 1 amide bonds. The highest BCUT2D eigenvalue weighted by atomic mass is 79.9. The summed E-state index contributed by atoms with van der Waals surface area (Å²) in [4.78, 5) is 17.6. The SMILES string of the molecule is CCC(N)C(c1cc(Br)cs1)N(C)CC(=O)N1CCCC1. The first-order chi connectivity index (χ1) is 10.0. The smallest absolute Gasteiger partial charge is 0.236 e. The Morgan fingerprint density at radius 3 is 2.71 bits per heavy atom. The third kappa shape index (κ3) is 4.28. The van der Waals surface area contributed by atoms with Gasteiger partial charge in [-0.05, 0) is 48.3 Å². The maximum absolute atomic E-state index is 12.3. The van der Waals surface area contributed by atoms with Crippen molar-refractivity contribution in [3.63, 3.8) is 0 Å². The highest BCUT2D eigenvalue weighted by Crippen LogP contribution is 2.31. The first-order valence-corrected chi connectivity index (χ1v) is 9.17. The largest absolute Gasteiger partial charge is 0.342 e. The maximum Gasteiger partial charge on any atom is 0.236 e. The van der Waals surface area contributed by atoms with Crippen molar-refractivity contribution in [1.29, 1.82) is 0 Å². The molecule has 2 N–H and O–H groups in total. The Hall–Kier alpha value is -0.430. The number of thiophene rings is 1. The molecule has 1 aromatic rings. The van der Waals surface area contributed by atoms with Crippen LogP contribution in [0.4, 0.5) is 0 Å². The average molecular weight is 374 g/mol. The summed E-state index contributed by atoms with van der Waals surface area (Å²) in [7, 11) is 2.00. The molecular formula is C15H24BrN3OS. The van der Waals surface area contributed by atoms with Crippen LogP contribution in [0.15, 0.2) is 15.9 Å². The summed E-state index contributed by atoms with van der Waals surface area (Å²) in [6, 6.07) is 2.24. The zero-order valence-electron chi connectivity index (χ0n) is 12.7. The summed E-state index contributed by atoms with van der Waals surface area (Å²) in [6.07, 6.45) is 3.15. The standard InChI is InChI=1S/C15H24BrN3OS/c1-3-12(17)15(13-8-11(16)10-21-13)18(2)9-14(20)19-6-4-5-7-19/h8,10,12,15H,3-7,9,17H2,1-2H3. The topological polar surface area (TPSA) is 49.6 Å². The summed E-state index contributed by atoms with van der Waals surface area (Å²) >= 11 is 5.20. The minimum Gasteiger partial charge on any atom is -0.342 e. The third-order valence-electron chi connectivity index (χ3n) is 4.07. The second-order valence-electron chi connectivity index (χ2n) is 5.69. The van der Waals surface area contributed by atoms with Gasteiger partial charge >= 0.3 is 0 Å². The molecule has 2 rings (SSSR count). The highest BCUT2D eigenvalue weighted by Gasteiger charge is 2.28. The minimum atomic E-state index is 0.0342. The molecule has 1 aliphatic heterocycles.